The second-order valence-corrected chi connectivity index (χ2v) is 5.41. The molecular formula is C13H11ClN2O3S. The number of rotatable bonds is 5. The zero-order valence-electron chi connectivity index (χ0n) is 10.3. The van der Waals surface area contributed by atoms with Gasteiger partial charge in [-0.05, 0) is 24.3 Å². The molecule has 0 atom stereocenters. The lowest BCUT2D eigenvalue weighted by molar-refractivity contribution is -0.136. The summed E-state index contributed by atoms with van der Waals surface area (Å²) >= 11 is 7.03. The molecule has 0 radical (unpaired) electrons. The van der Waals surface area contributed by atoms with Crippen molar-refractivity contribution in [2.24, 2.45) is 0 Å². The lowest BCUT2D eigenvalue weighted by Gasteiger charge is -2.03. The summed E-state index contributed by atoms with van der Waals surface area (Å²) < 4.78 is 0. The molecule has 2 aromatic rings. The highest BCUT2D eigenvalue weighted by atomic mass is 35.5. The highest BCUT2D eigenvalue weighted by Crippen LogP contribution is 2.15. The molecule has 0 aliphatic rings. The minimum Gasteiger partial charge on any atom is -0.481 e. The molecule has 0 saturated carbocycles. The molecule has 1 heterocycles. The van der Waals surface area contributed by atoms with E-state index in [1.165, 1.54) is 11.3 Å². The highest BCUT2D eigenvalue weighted by Gasteiger charge is 2.10. The van der Waals surface area contributed by atoms with Crippen LogP contribution in [0.1, 0.15) is 10.7 Å². The second kappa shape index (κ2) is 6.49. The number of halogens is 1. The van der Waals surface area contributed by atoms with Gasteiger partial charge in [0.2, 0.25) is 5.91 Å². The second-order valence-electron chi connectivity index (χ2n) is 4.03. The summed E-state index contributed by atoms with van der Waals surface area (Å²) in [4.78, 5) is 26.4. The first-order valence-corrected chi connectivity index (χ1v) is 6.99. The number of hydrogen-bond acceptors (Lipinski definition) is 4. The number of anilines is 1. The number of aliphatic carboxylic acids is 1. The van der Waals surface area contributed by atoms with E-state index < -0.39 is 5.97 Å². The van der Waals surface area contributed by atoms with Crippen LogP contribution in [0.25, 0.3) is 0 Å². The Balaban J connectivity index is 1.92. The average molecular weight is 311 g/mol. The molecule has 1 amide bonds. The molecule has 0 aliphatic heterocycles. The maximum absolute atomic E-state index is 11.8. The molecule has 5 nitrogen and oxygen atoms in total. The SMILES string of the molecule is O=C(O)Cc1csc(CC(=O)Nc2ccc(Cl)cc2)n1. The Kier molecular flexibility index (Phi) is 4.70. The van der Waals surface area contributed by atoms with Crippen LogP contribution >= 0.6 is 22.9 Å². The number of carboxylic acid groups (broad SMARTS) is 1. The maximum Gasteiger partial charge on any atom is 0.309 e. The summed E-state index contributed by atoms with van der Waals surface area (Å²) in [7, 11) is 0. The molecule has 0 unspecified atom stereocenters. The fourth-order valence-corrected chi connectivity index (χ4v) is 2.46. The number of carbonyl (C=O) groups is 2. The van der Waals surface area contributed by atoms with Gasteiger partial charge in [-0.25, -0.2) is 4.98 Å². The number of nitrogens with zero attached hydrogens (tertiary/aromatic N) is 1. The van der Waals surface area contributed by atoms with Crippen molar-refractivity contribution in [2.75, 3.05) is 5.32 Å². The zero-order valence-corrected chi connectivity index (χ0v) is 11.9. The van der Waals surface area contributed by atoms with Crippen LogP contribution in [-0.4, -0.2) is 22.0 Å². The first-order chi connectivity index (χ1) is 9.52. The minimum absolute atomic E-state index is 0.118. The molecule has 1 aromatic heterocycles. The van der Waals surface area contributed by atoms with Crippen molar-refractivity contribution in [1.29, 1.82) is 0 Å². The Morgan fingerprint density at radius 3 is 2.60 bits per heavy atom. The predicted octanol–water partition coefficient (Wildman–Crippen LogP) is 2.60. The van der Waals surface area contributed by atoms with Crippen LogP contribution in [-0.2, 0) is 22.4 Å². The normalized spacial score (nSPS) is 10.2. The van der Waals surface area contributed by atoms with E-state index in [1.807, 2.05) is 0 Å². The topological polar surface area (TPSA) is 79.3 Å². The average Bonchev–Trinajstić information content (AvgIpc) is 2.78. The molecule has 20 heavy (non-hydrogen) atoms. The molecule has 0 saturated heterocycles. The number of thiazole rings is 1. The Bertz CT molecular complexity index is 625. The summed E-state index contributed by atoms with van der Waals surface area (Å²) in [5, 5.41) is 14.2. The first-order valence-electron chi connectivity index (χ1n) is 5.73. The van der Waals surface area contributed by atoms with E-state index in [9.17, 15) is 9.59 Å². The fourth-order valence-electron chi connectivity index (χ4n) is 1.54. The summed E-state index contributed by atoms with van der Waals surface area (Å²) in [5.74, 6) is -1.14. The summed E-state index contributed by atoms with van der Waals surface area (Å²) in [6, 6.07) is 6.78. The number of carboxylic acids is 1. The number of aromatic nitrogens is 1. The lowest BCUT2D eigenvalue weighted by atomic mass is 10.3. The van der Waals surface area contributed by atoms with Crippen molar-refractivity contribution in [3.63, 3.8) is 0 Å². The minimum atomic E-state index is -0.938. The Hall–Kier alpha value is -1.92. The van der Waals surface area contributed by atoms with Gasteiger partial charge in [-0.2, -0.15) is 0 Å². The van der Waals surface area contributed by atoms with Crippen molar-refractivity contribution in [3.05, 3.63) is 45.4 Å². The number of amides is 1. The summed E-state index contributed by atoms with van der Waals surface area (Å²) in [6.45, 7) is 0. The third-order valence-corrected chi connectivity index (χ3v) is 3.52. The van der Waals surface area contributed by atoms with E-state index in [4.69, 9.17) is 16.7 Å². The van der Waals surface area contributed by atoms with Gasteiger partial charge in [0.05, 0.1) is 18.5 Å². The molecule has 0 spiro atoms. The third kappa shape index (κ3) is 4.32. The van der Waals surface area contributed by atoms with Crippen LogP contribution in [0.15, 0.2) is 29.6 Å². The van der Waals surface area contributed by atoms with Crippen molar-refractivity contribution in [3.8, 4) is 0 Å². The van der Waals surface area contributed by atoms with E-state index in [1.54, 1.807) is 29.6 Å². The Morgan fingerprint density at radius 2 is 1.95 bits per heavy atom. The largest absolute Gasteiger partial charge is 0.481 e. The maximum atomic E-state index is 11.8. The van der Waals surface area contributed by atoms with Crippen molar-refractivity contribution < 1.29 is 14.7 Å². The van der Waals surface area contributed by atoms with Crippen molar-refractivity contribution >= 4 is 40.5 Å². The van der Waals surface area contributed by atoms with Gasteiger partial charge in [0.15, 0.2) is 0 Å². The van der Waals surface area contributed by atoms with E-state index in [0.717, 1.165) is 0 Å². The number of benzene rings is 1. The molecule has 104 valence electrons. The number of nitrogens with one attached hydrogen (secondary N) is 1. The Labute approximate surface area is 124 Å². The monoisotopic (exact) mass is 310 g/mol. The van der Waals surface area contributed by atoms with E-state index in [-0.39, 0.29) is 18.7 Å². The van der Waals surface area contributed by atoms with Crippen LogP contribution in [0.2, 0.25) is 5.02 Å². The molecule has 0 fully saturated rings. The van der Waals surface area contributed by atoms with Crippen LogP contribution in [0, 0.1) is 0 Å². The molecular weight excluding hydrogens is 300 g/mol. The molecule has 2 rings (SSSR count). The zero-order chi connectivity index (χ0) is 14.5. The summed E-state index contributed by atoms with van der Waals surface area (Å²) in [5.41, 5.74) is 1.12. The van der Waals surface area contributed by atoms with Crippen LogP contribution in [0.5, 0.6) is 0 Å². The van der Waals surface area contributed by atoms with Gasteiger partial charge in [-0.1, -0.05) is 11.6 Å². The quantitative estimate of drug-likeness (QED) is 0.889. The van der Waals surface area contributed by atoms with E-state index in [0.29, 0.717) is 21.4 Å². The van der Waals surface area contributed by atoms with E-state index in [2.05, 4.69) is 10.3 Å². The van der Waals surface area contributed by atoms with Crippen molar-refractivity contribution in [1.82, 2.24) is 4.98 Å². The third-order valence-electron chi connectivity index (χ3n) is 2.37. The van der Waals surface area contributed by atoms with Crippen LogP contribution < -0.4 is 5.32 Å². The molecule has 7 heteroatoms. The van der Waals surface area contributed by atoms with Gasteiger partial charge < -0.3 is 10.4 Å². The van der Waals surface area contributed by atoms with Crippen molar-refractivity contribution in [2.45, 2.75) is 12.8 Å². The molecule has 0 aliphatic carbocycles. The van der Waals surface area contributed by atoms with Gasteiger partial charge in [0, 0.05) is 16.1 Å². The van der Waals surface area contributed by atoms with Gasteiger partial charge >= 0.3 is 5.97 Å². The highest BCUT2D eigenvalue weighted by molar-refractivity contribution is 7.09. The van der Waals surface area contributed by atoms with Gasteiger partial charge in [0.25, 0.3) is 0 Å². The van der Waals surface area contributed by atoms with Crippen LogP contribution in [0.3, 0.4) is 0 Å². The van der Waals surface area contributed by atoms with Gasteiger partial charge in [-0.15, -0.1) is 11.3 Å². The molecule has 0 bridgehead atoms. The van der Waals surface area contributed by atoms with Gasteiger partial charge in [-0.3, -0.25) is 9.59 Å². The molecule has 1 aromatic carbocycles. The standard InChI is InChI=1S/C13H11ClN2O3S/c14-8-1-3-9(4-2-8)15-11(17)6-12-16-10(7-20-12)5-13(18)19/h1-4,7H,5-6H2,(H,15,17)(H,18,19). The number of carbonyl (C=O) groups excluding carboxylic acids is 1. The fraction of sp³-hybridized carbons (Fsp3) is 0.154. The summed E-state index contributed by atoms with van der Waals surface area (Å²) in [6.07, 6.45) is -0.0117. The first kappa shape index (κ1) is 14.5. The van der Waals surface area contributed by atoms with Crippen LogP contribution in [0.4, 0.5) is 5.69 Å². The predicted molar refractivity (Wildman–Crippen MR) is 77.2 cm³/mol. The van der Waals surface area contributed by atoms with E-state index >= 15 is 0 Å². The molecule has 2 N–H and O–H groups in total. The lowest BCUT2D eigenvalue weighted by Crippen LogP contribution is -2.14. The van der Waals surface area contributed by atoms with Gasteiger partial charge in [0.1, 0.15) is 5.01 Å². The smallest absolute Gasteiger partial charge is 0.309 e. The Morgan fingerprint density at radius 1 is 1.25 bits per heavy atom. The number of hydrogen-bond donors (Lipinski definition) is 2.